The maximum atomic E-state index is 14.5. The van der Waals surface area contributed by atoms with Crippen LogP contribution in [0.5, 0.6) is 0 Å². The summed E-state index contributed by atoms with van der Waals surface area (Å²) in [6.07, 6.45) is 0.185. The third-order valence-corrected chi connectivity index (χ3v) is 9.89. The lowest BCUT2D eigenvalue weighted by atomic mass is 10.0. The Morgan fingerprint density at radius 3 is 2.02 bits per heavy atom. The fourth-order valence-corrected chi connectivity index (χ4v) is 6.68. The van der Waals surface area contributed by atoms with Crippen molar-refractivity contribution in [2.45, 2.75) is 57.1 Å². The van der Waals surface area contributed by atoms with Gasteiger partial charge in [0.05, 0.1) is 20.6 Å². The van der Waals surface area contributed by atoms with Gasteiger partial charge in [-0.3, -0.25) is 13.9 Å². The number of nitrogens with zero attached hydrogens (tertiary/aromatic N) is 2. The molecule has 0 saturated carbocycles. The van der Waals surface area contributed by atoms with Crippen molar-refractivity contribution in [3.63, 3.8) is 0 Å². The molecule has 0 radical (unpaired) electrons. The lowest BCUT2D eigenvalue weighted by Crippen LogP contribution is -2.56. The van der Waals surface area contributed by atoms with Crippen LogP contribution in [0.1, 0.15) is 37.5 Å². The predicted molar refractivity (Wildman–Crippen MR) is 186 cm³/mol. The largest absolute Gasteiger partial charge is 0.350 e. The van der Waals surface area contributed by atoms with Crippen LogP contribution in [0.4, 0.5) is 5.69 Å². The van der Waals surface area contributed by atoms with Crippen LogP contribution >= 0.6 is 34.8 Å². The highest BCUT2D eigenvalue weighted by Crippen LogP contribution is 2.28. The number of nitrogens with one attached hydrogen (secondary N) is 1. The van der Waals surface area contributed by atoms with Gasteiger partial charge in [-0.15, -0.1) is 0 Å². The molecule has 242 valence electrons. The molecule has 4 aromatic rings. The molecule has 0 spiro atoms. The summed E-state index contributed by atoms with van der Waals surface area (Å²) in [5.74, 6) is -0.971. The molecule has 4 aromatic carbocycles. The van der Waals surface area contributed by atoms with Gasteiger partial charge in [-0.1, -0.05) is 88.9 Å². The molecule has 0 aliphatic heterocycles. The molecule has 1 atom stereocenters. The van der Waals surface area contributed by atoms with E-state index in [1.807, 2.05) is 58.0 Å². The number of carbonyl (C=O) groups excluding carboxylic acids is 2. The average molecular weight is 701 g/mol. The zero-order valence-corrected chi connectivity index (χ0v) is 29.1. The Morgan fingerprint density at radius 2 is 1.43 bits per heavy atom. The average Bonchev–Trinajstić information content (AvgIpc) is 2.99. The van der Waals surface area contributed by atoms with Gasteiger partial charge in [0.1, 0.15) is 12.6 Å². The minimum atomic E-state index is -4.24. The van der Waals surface area contributed by atoms with E-state index in [9.17, 15) is 18.0 Å². The van der Waals surface area contributed by atoms with E-state index < -0.39 is 34.1 Å². The molecule has 1 N–H and O–H groups in total. The summed E-state index contributed by atoms with van der Waals surface area (Å²) in [4.78, 5) is 29.9. The summed E-state index contributed by atoms with van der Waals surface area (Å²) in [6.45, 7) is 6.83. The first kappa shape index (κ1) is 35.3. The normalized spacial score (nSPS) is 12.3. The first-order chi connectivity index (χ1) is 21.6. The van der Waals surface area contributed by atoms with Gasteiger partial charge in [-0.2, -0.15) is 0 Å². The first-order valence-corrected chi connectivity index (χ1v) is 17.2. The zero-order valence-electron chi connectivity index (χ0n) is 26.0. The molecule has 0 saturated heterocycles. The van der Waals surface area contributed by atoms with Crippen LogP contribution in [0.2, 0.25) is 15.1 Å². The third-order valence-electron chi connectivity index (χ3n) is 7.11. The monoisotopic (exact) mass is 699 g/mol. The Bertz CT molecular complexity index is 1780. The highest BCUT2D eigenvalue weighted by atomic mass is 35.5. The molecule has 2 amide bonds. The maximum absolute atomic E-state index is 14.5. The Labute approximate surface area is 286 Å². The molecule has 0 aromatic heterocycles. The summed E-state index contributed by atoms with van der Waals surface area (Å²) < 4.78 is 29.3. The Hall–Kier alpha value is -3.56. The standard InChI is InChI=1S/C35H36Cl3N3O4S/c1-24-10-15-28(16-11-24)41(46(44,45)29-17-13-27(36)14-18-29)23-33(42)40(22-26-12-19-30(37)31(38)20-26)32(34(43)39-35(2,3)4)21-25-8-6-5-7-9-25/h5-20,32H,21-23H2,1-4H3,(H,39,43). The van der Waals surface area contributed by atoms with Crippen molar-refractivity contribution in [2.75, 3.05) is 10.8 Å². The quantitative estimate of drug-likeness (QED) is 0.174. The van der Waals surface area contributed by atoms with E-state index >= 15 is 0 Å². The summed E-state index contributed by atoms with van der Waals surface area (Å²) >= 11 is 18.6. The molecule has 0 aliphatic carbocycles. The number of carbonyl (C=O) groups is 2. The smallest absolute Gasteiger partial charge is 0.264 e. The molecule has 0 heterocycles. The molecule has 0 bridgehead atoms. The van der Waals surface area contributed by atoms with E-state index in [4.69, 9.17) is 34.8 Å². The van der Waals surface area contributed by atoms with E-state index in [1.54, 1.807) is 42.5 Å². The van der Waals surface area contributed by atoms with Crippen molar-refractivity contribution in [1.29, 1.82) is 0 Å². The van der Waals surface area contributed by atoms with Crippen LogP contribution in [-0.2, 0) is 32.6 Å². The van der Waals surface area contributed by atoms with Crippen LogP contribution in [0, 0.1) is 6.92 Å². The second-order valence-corrected chi connectivity index (χ2v) is 15.1. The van der Waals surface area contributed by atoms with Gasteiger partial charge in [0.2, 0.25) is 11.8 Å². The number of hydrogen-bond acceptors (Lipinski definition) is 4. The summed E-state index contributed by atoms with van der Waals surface area (Å²) in [5.41, 5.74) is 2.06. The van der Waals surface area contributed by atoms with Crippen molar-refractivity contribution in [3.8, 4) is 0 Å². The highest BCUT2D eigenvalue weighted by molar-refractivity contribution is 7.92. The van der Waals surface area contributed by atoms with Crippen LogP contribution in [0.3, 0.4) is 0 Å². The lowest BCUT2D eigenvalue weighted by Gasteiger charge is -2.35. The van der Waals surface area contributed by atoms with E-state index in [0.717, 1.165) is 15.4 Å². The molecular formula is C35H36Cl3N3O4S. The molecular weight excluding hydrogens is 665 g/mol. The molecule has 46 heavy (non-hydrogen) atoms. The first-order valence-electron chi connectivity index (χ1n) is 14.6. The van der Waals surface area contributed by atoms with Crippen molar-refractivity contribution in [2.24, 2.45) is 0 Å². The van der Waals surface area contributed by atoms with E-state index in [1.165, 1.54) is 29.2 Å². The van der Waals surface area contributed by atoms with E-state index in [2.05, 4.69) is 5.32 Å². The predicted octanol–water partition coefficient (Wildman–Crippen LogP) is 7.71. The van der Waals surface area contributed by atoms with Crippen molar-refractivity contribution < 1.29 is 18.0 Å². The number of hydrogen-bond donors (Lipinski definition) is 1. The minimum Gasteiger partial charge on any atom is -0.350 e. The molecule has 7 nitrogen and oxygen atoms in total. The van der Waals surface area contributed by atoms with Crippen LogP contribution in [-0.4, -0.2) is 43.3 Å². The number of benzene rings is 4. The van der Waals surface area contributed by atoms with Gasteiger partial charge >= 0.3 is 0 Å². The van der Waals surface area contributed by atoms with Gasteiger partial charge in [0.25, 0.3) is 10.0 Å². The molecule has 11 heteroatoms. The fraction of sp³-hybridized carbons (Fsp3) is 0.257. The van der Waals surface area contributed by atoms with Crippen LogP contribution in [0.25, 0.3) is 0 Å². The number of anilines is 1. The summed E-state index contributed by atoms with van der Waals surface area (Å²) in [6, 6.07) is 25.9. The van der Waals surface area contributed by atoms with E-state index in [0.29, 0.717) is 21.3 Å². The molecule has 0 aliphatic rings. The Balaban J connectivity index is 1.83. The topological polar surface area (TPSA) is 86.8 Å². The Kier molecular flexibility index (Phi) is 11.4. The van der Waals surface area contributed by atoms with Gasteiger partial charge < -0.3 is 10.2 Å². The number of rotatable bonds is 11. The fourth-order valence-electron chi connectivity index (χ4n) is 4.82. The number of halogens is 3. The van der Waals surface area contributed by atoms with E-state index in [-0.39, 0.29) is 28.8 Å². The van der Waals surface area contributed by atoms with Gasteiger partial charge in [-0.25, -0.2) is 8.42 Å². The van der Waals surface area contributed by atoms with Crippen molar-refractivity contribution in [3.05, 3.63) is 129 Å². The van der Waals surface area contributed by atoms with Crippen molar-refractivity contribution >= 4 is 62.3 Å². The van der Waals surface area contributed by atoms with Crippen LogP contribution < -0.4 is 9.62 Å². The second kappa shape index (κ2) is 14.9. The number of sulfonamides is 1. The zero-order chi connectivity index (χ0) is 33.6. The SMILES string of the molecule is Cc1ccc(N(CC(=O)N(Cc2ccc(Cl)c(Cl)c2)C(Cc2ccccc2)C(=O)NC(C)(C)C)S(=O)(=O)c2ccc(Cl)cc2)cc1. The van der Waals surface area contributed by atoms with Crippen molar-refractivity contribution in [1.82, 2.24) is 10.2 Å². The second-order valence-electron chi connectivity index (χ2n) is 12.0. The number of amides is 2. The van der Waals surface area contributed by atoms with Gasteiger partial charge in [0.15, 0.2) is 0 Å². The lowest BCUT2D eigenvalue weighted by molar-refractivity contribution is -0.140. The summed E-state index contributed by atoms with van der Waals surface area (Å²) in [5, 5.41) is 4.01. The molecule has 1 unspecified atom stereocenters. The summed E-state index contributed by atoms with van der Waals surface area (Å²) in [7, 11) is -4.24. The number of aryl methyl sites for hydroxylation is 1. The highest BCUT2D eigenvalue weighted by Gasteiger charge is 2.35. The maximum Gasteiger partial charge on any atom is 0.264 e. The Morgan fingerprint density at radius 1 is 0.804 bits per heavy atom. The third kappa shape index (κ3) is 9.26. The van der Waals surface area contributed by atoms with Crippen LogP contribution in [0.15, 0.2) is 102 Å². The van der Waals surface area contributed by atoms with Gasteiger partial charge in [-0.05, 0) is 87.4 Å². The minimum absolute atomic E-state index is 0.0342. The van der Waals surface area contributed by atoms with Gasteiger partial charge in [0, 0.05) is 23.5 Å². The molecule has 4 rings (SSSR count). The molecule has 0 fully saturated rings.